The maximum Gasteiger partial charge on any atom is 0.259 e. The number of nitrogens with two attached hydrogens (primary N) is 1. The number of hydrazine groups is 3. The van der Waals surface area contributed by atoms with Crippen LogP contribution >= 0.6 is 0 Å². The van der Waals surface area contributed by atoms with Gasteiger partial charge in [0.1, 0.15) is 6.34 Å². The monoisotopic (exact) mass is 426 g/mol. The van der Waals surface area contributed by atoms with Gasteiger partial charge >= 0.3 is 0 Å². The molecule has 0 saturated heterocycles. The molecule has 10 nitrogen and oxygen atoms in total. The fourth-order valence-corrected chi connectivity index (χ4v) is 4.60. The lowest BCUT2D eigenvalue weighted by molar-refractivity contribution is 0.0882. The van der Waals surface area contributed by atoms with Crippen molar-refractivity contribution < 1.29 is 8.42 Å². The second-order valence-electron chi connectivity index (χ2n) is 6.71. The van der Waals surface area contributed by atoms with E-state index in [0.29, 0.717) is 22.4 Å². The van der Waals surface area contributed by atoms with Crippen LogP contribution in [0.1, 0.15) is 22.3 Å². The van der Waals surface area contributed by atoms with Crippen LogP contribution in [0.4, 0.5) is 5.69 Å². The molecular weight excluding hydrogens is 404 g/mol. The summed E-state index contributed by atoms with van der Waals surface area (Å²) in [6.45, 7) is 5.40. The lowest BCUT2D eigenvalue weighted by Gasteiger charge is -2.27. The second kappa shape index (κ2) is 8.50. The molecule has 156 valence electrons. The highest BCUT2D eigenvalue weighted by atomic mass is 32.2. The highest BCUT2D eigenvalue weighted by Crippen LogP contribution is 2.22. The Bertz CT molecular complexity index is 1130. The number of nitrogens with zero attached hydrogens (tertiary/aromatic N) is 5. The van der Waals surface area contributed by atoms with Crippen LogP contribution in [-0.4, -0.2) is 37.4 Å². The van der Waals surface area contributed by atoms with E-state index in [1.54, 1.807) is 38.1 Å². The van der Waals surface area contributed by atoms with Crippen LogP contribution in [0, 0.1) is 32.1 Å². The van der Waals surface area contributed by atoms with Crippen molar-refractivity contribution in [3.63, 3.8) is 0 Å². The molecule has 0 aromatic heterocycles. The predicted molar refractivity (Wildman–Crippen MR) is 114 cm³/mol. The SMILES string of the molecule is Cc1cc(C)c(S(=O)(=O)NN2C(CN)=NNN2C=Nc2ccc(C#N)cc2)c(C)c1. The number of hydrogen-bond donors (Lipinski definition) is 3. The van der Waals surface area contributed by atoms with Gasteiger partial charge in [-0.2, -0.15) is 21.0 Å². The van der Waals surface area contributed by atoms with Gasteiger partial charge in [-0.25, -0.2) is 13.4 Å². The Morgan fingerprint density at radius 2 is 1.87 bits per heavy atom. The zero-order valence-corrected chi connectivity index (χ0v) is 17.6. The third-order valence-corrected chi connectivity index (χ3v) is 5.91. The highest BCUT2D eigenvalue weighted by molar-refractivity contribution is 7.89. The van der Waals surface area contributed by atoms with Gasteiger partial charge in [0.05, 0.1) is 28.8 Å². The first-order valence-electron chi connectivity index (χ1n) is 9.01. The highest BCUT2D eigenvalue weighted by Gasteiger charge is 2.30. The number of hydrazone groups is 1. The van der Waals surface area contributed by atoms with Crippen molar-refractivity contribution in [1.29, 1.82) is 5.26 Å². The lowest BCUT2D eigenvalue weighted by atomic mass is 10.1. The molecule has 0 unspecified atom stereocenters. The standard InChI is InChI=1S/C19H22N8O2S/c1-13-8-14(2)19(15(3)9-13)30(28,29)25-27-18(11-21)23-24-26(27)12-22-17-6-4-16(10-20)5-7-17/h4-9,12,24-25H,11,21H2,1-3H3. The molecule has 2 aromatic rings. The van der Waals surface area contributed by atoms with E-state index in [1.807, 2.05) is 25.1 Å². The molecule has 11 heteroatoms. The van der Waals surface area contributed by atoms with Crippen LogP contribution in [0.3, 0.4) is 0 Å². The van der Waals surface area contributed by atoms with E-state index in [0.717, 1.165) is 5.56 Å². The Labute approximate surface area is 175 Å². The third kappa shape index (κ3) is 4.41. The molecule has 0 bridgehead atoms. The molecule has 30 heavy (non-hydrogen) atoms. The van der Waals surface area contributed by atoms with Crippen molar-refractivity contribution in [2.24, 2.45) is 15.8 Å². The topological polar surface area (TPSA) is 139 Å². The van der Waals surface area contributed by atoms with E-state index in [9.17, 15) is 8.42 Å². The minimum atomic E-state index is -3.93. The average molecular weight is 427 g/mol. The van der Waals surface area contributed by atoms with E-state index < -0.39 is 10.0 Å². The van der Waals surface area contributed by atoms with Gasteiger partial charge in [-0.3, -0.25) is 0 Å². The van der Waals surface area contributed by atoms with Crippen molar-refractivity contribution in [2.45, 2.75) is 25.7 Å². The molecule has 2 aromatic carbocycles. The zero-order valence-electron chi connectivity index (χ0n) is 16.8. The molecule has 0 saturated carbocycles. The number of amidine groups is 1. The summed E-state index contributed by atoms with van der Waals surface area (Å²) in [5, 5.41) is 15.3. The molecule has 0 fully saturated rings. The van der Waals surface area contributed by atoms with Crippen molar-refractivity contribution in [2.75, 3.05) is 6.54 Å². The number of aryl methyl sites for hydroxylation is 3. The first-order chi connectivity index (χ1) is 14.2. The molecule has 0 amide bonds. The molecule has 1 aliphatic rings. The molecule has 3 rings (SSSR count). The fourth-order valence-electron chi connectivity index (χ4n) is 3.13. The number of nitrogens with one attached hydrogen (secondary N) is 2. The minimum absolute atomic E-state index is 0.0113. The zero-order chi connectivity index (χ0) is 21.9. The van der Waals surface area contributed by atoms with Crippen molar-refractivity contribution in [3.8, 4) is 6.07 Å². The Morgan fingerprint density at radius 1 is 1.23 bits per heavy atom. The molecule has 0 atom stereocenters. The molecule has 1 heterocycles. The van der Waals surface area contributed by atoms with Crippen LogP contribution in [0.2, 0.25) is 0 Å². The van der Waals surface area contributed by atoms with Crippen LogP contribution in [-0.2, 0) is 10.0 Å². The Balaban J connectivity index is 1.86. The second-order valence-corrected chi connectivity index (χ2v) is 8.31. The summed E-state index contributed by atoms with van der Waals surface area (Å²) in [5.41, 5.74) is 11.7. The summed E-state index contributed by atoms with van der Waals surface area (Å²) in [4.78, 5) is 6.97. The smallest absolute Gasteiger partial charge is 0.259 e. The van der Waals surface area contributed by atoms with E-state index in [2.05, 4.69) is 20.5 Å². The van der Waals surface area contributed by atoms with Crippen LogP contribution in [0.15, 0.2) is 51.4 Å². The number of sulfonamides is 1. The maximum absolute atomic E-state index is 13.1. The lowest BCUT2D eigenvalue weighted by Crippen LogP contribution is -2.55. The van der Waals surface area contributed by atoms with Crippen molar-refractivity contribution in [3.05, 3.63) is 58.7 Å². The average Bonchev–Trinajstić information content (AvgIpc) is 3.06. The van der Waals surface area contributed by atoms with E-state index in [1.165, 1.54) is 16.6 Å². The van der Waals surface area contributed by atoms with Gasteiger partial charge in [0.2, 0.25) is 0 Å². The largest absolute Gasteiger partial charge is 0.324 e. The quantitative estimate of drug-likeness (QED) is 0.468. The van der Waals surface area contributed by atoms with Gasteiger partial charge in [0, 0.05) is 0 Å². The predicted octanol–water partition coefficient (Wildman–Crippen LogP) is 1.35. The Hall–Kier alpha value is -3.46. The normalized spacial score (nSPS) is 14.0. The summed E-state index contributed by atoms with van der Waals surface area (Å²) in [6.07, 6.45) is 1.35. The first kappa shape index (κ1) is 21.3. The Kier molecular flexibility index (Phi) is 6.02. The molecule has 0 spiro atoms. The summed E-state index contributed by atoms with van der Waals surface area (Å²) >= 11 is 0. The number of rotatable bonds is 6. The summed E-state index contributed by atoms with van der Waals surface area (Å²) in [6, 6.07) is 12.3. The van der Waals surface area contributed by atoms with E-state index in [-0.39, 0.29) is 17.3 Å². The van der Waals surface area contributed by atoms with Crippen LogP contribution in [0.5, 0.6) is 0 Å². The fraction of sp³-hybridized carbons (Fsp3) is 0.211. The van der Waals surface area contributed by atoms with E-state index in [4.69, 9.17) is 11.0 Å². The molecule has 1 aliphatic heterocycles. The molecule has 0 radical (unpaired) electrons. The van der Waals surface area contributed by atoms with Crippen LogP contribution < -0.4 is 16.1 Å². The van der Waals surface area contributed by atoms with Gasteiger partial charge in [0.15, 0.2) is 5.84 Å². The number of nitriles is 1. The summed E-state index contributed by atoms with van der Waals surface area (Å²) < 4.78 is 26.2. The van der Waals surface area contributed by atoms with E-state index >= 15 is 0 Å². The van der Waals surface area contributed by atoms with Crippen molar-refractivity contribution in [1.82, 2.24) is 20.6 Å². The van der Waals surface area contributed by atoms with Gasteiger partial charge in [0.25, 0.3) is 10.0 Å². The summed E-state index contributed by atoms with van der Waals surface area (Å²) in [7, 11) is -3.93. The van der Waals surface area contributed by atoms with Gasteiger partial charge < -0.3 is 5.73 Å². The molecular formula is C19H22N8O2S. The van der Waals surface area contributed by atoms with Gasteiger partial charge in [-0.1, -0.05) is 17.7 Å². The minimum Gasteiger partial charge on any atom is -0.324 e. The number of benzene rings is 2. The summed E-state index contributed by atoms with van der Waals surface area (Å²) in [5.74, 6) is 0.257. The van der Waals surface area contributed by atoms with Gasteiger partial charge in [-0.05, 0) is 56.2 Å². The molecule has 0 aliphatic carbocycles. The number of hydrogen-bond acceptors (Lipinski definition) is 8. The van der Waals surface area contributed by atoms with Crippen molar-refractivity contribution >= 4 is 27.9 Å². The maximum atomic E-state index is 13.1. The number of aliphatic imine (C=N–C) groups is 1. The van der Waals surface area contributed by atoms with Gasteiger partial charge in [-0.15, -0.1) is 9.93 Å². The van der Waals surface area contributed by atoms with Crippen LogP contribution in [0.25, 0.3) is 0 Å². The first-order valence-corrected chi connectivity index (χ1v) is 10.5. The third-order valence-electron chi connectivity index (χ3n) is 4.32. The Morgan fingerprint density at radius 3 is 2.43 bits per heavy atom. The molecule has 4 N–H and O–H groups in total.